The molecule has 0 bridgehead atoms. The van der Waals surface area contributed by atoms with Crippen LogP contribution >= 0.6 is 11.8 Å². The Kier molecular flexibility index (Phi) is 6.08. The lowest BCUT2D eigenvalue weighted by atomic mass is 10.1. The van der Waals surface area contributed by atoms with Crippen LogP contribution < -0.4 is 5.43 Å². The molecule has 0 aliphatic carbocycles. The number of carbonyl (C=O) groups excluding carboxylic acids is 1. The molecule has 1 unspecified atom stereocenters. The van der Waals surface area contributed by atoms with Crippen LogP contribution in [0.3, 0.4) is 0 Å². The van der Waals surface area contributed by atoms with Gasteiger partial charge in [-0.25, -0.2) is 5.43 Å². The number of amides is 1. The van der Waals surface area contributed by atoms with Crippen molar-refractivity contribution in [1.29, 1.82) is 0 Å². The van der Waals surface area contributed by atoms with Crippen molar-refractivity contribution in [2.45, 2.75) is 24.0 Å². The molecule has 0 fully saturated rings. The van der Waals surface area contributed by atoms with Crippen LogP contribution in [0.4, 0.5) is 0 Å². The molecule has 3 rings (SSSR count). The molecule has 6 heteroatoms. The molecule has 0 saturated carbocycles. The summed E-state index contributed by atoms with van der Waals surface area (Å²) in [5.74, 6) is -0.162. The highest BCUT2D eigenvalue weighted by Gasteiger charge is 2.21. The molecule has 0 aliphatic rings. The van der Waals surface area contributed by atoms with E-state index in [1.807, 2.05) is 81.6 Å². The van der Waals surface area contributed by atoms with Gasteiger partial charge in [0, 0.05) is 23.2 Å². The van der Waals surface area contributed by atoms with Gasteiger partial charge in [0.05, 0.1) is 11.9 Å². The standard InChI is InChI=1S/C21H22N4OS/c1-15-19(16(2)25(3)24-15)14-22-23-21(26)20(17-10-6-4-7-11-17)27-18-12-8-5-9-13-18/h4-14,20H,1-3H3,(H,23,26). The second-order valence-electron chi connectivity index (χ2n) is 6.16. The summed E-state index contributed by atoms with van der Waals surface area (Å²) in [5, 5.41) is 8.14. The second-order valence-corrected chi connectivity index (χ2v) is 7.34. The maximum absolute atomic E-state index is 12.8. The molecule has 138 valence electrons. The van der Waals surface area contributed by atoms with Gasteiger partial charge in [0.15, 0.2) is 0 Å². The van der Waals surface area contributed by atoms with E-state index in [4.69, 9.17) is 0 Å². The maximum atomic E-state index is 12.8. The average Bonchev–Trinajstić information content (AvgIpc) is 2.93. The van der Waals surface area contributed by atoms with Gasteiger partial charge in [-0.3, -0.25) is 9.48 Å². The molecule has 1 aromatic heterocycles. The summed E-state index contributed by atoms with van der Waals surface area (Å²) in [6, 6.07) is 19.6. The first-order valence-electron chi connectivity index (χ1n) is 8.66. The molecule has 1 atom stereocenters. The minimum Gasteiger partial charge on any atom is -0.272 e. The summed E-state index contributed by atoms with van der Waals surface area (Å²) in [5.41, 5.74) is 6.43. The number of hydrogen-bond acceptors (Lipinski definition) is 4. The van der Waals surface area contributed by atoms with E-state index in [0.29, 0.717) is 0 Å². The van der Waals surface area contributed by atoms with Gasteiger partial charge < -0.3 is 0 Å². The van der Waals surface area contributed by atoms with Crippen molar-refractivity contribution in [3.8, 4) is 0 Å². The molecule has 0 spiro atoms. The van der Waals surface area contributed by atoms with Crippen LogP contribution in [0, 0.1) is 13.8 Å². The lowest BCUT2D eigenvalue weighted by molar-refractivity contribution is -0.120. The minimum atomic E-state index is -0.387. The van der Waals surface area contributed by atoms with Crippen LogP contribution in [0.15, 0.2) is 70.7 Å². The fourth-order valence-corrected chi connectivity index (χ4v) is 3.77. The zero-order valence-corrected chi connectivity index (χ0v) is 16.4. The van der Waals surface area contributed by atoms with Gasteiger partial charge in [0.2, 0.25) is 0 Å². The van der Waals surface area contributed by atoms with E-state index < -0.39 is 0 Å². The smallest absolute Gasteiger partial charge is 0.258 e. The number of carbonyl (C=O) groups is 1. The number of hydrogen-bond donors (Lipinski definition) is 1. The normalized spacial score (nSPS) is 12.3. The van der Waals surface area contributed by atoms with Crippen LogP contribution in [-0.4, -0.2) is 21.9 Å². The number of hydrazone groups is 1. The van der Waals surface area contributed by atoms with E-state index >= 15 is 0 Å². The Morgan fingerprint density at radius 2 is 1.74 bits per heavy atom. The first-order valence-corrected chi connectivity index (χ1v) is 9.54. The van der Waals surface area contributed by atoms with E-state index in [2.05, 4.69) is 15.6 Å². The van der Waals surface area contributed by atoms with Gasteiger partial charge in [-0.05, 0) is 31.5 Å². The lowest BCUT2D eigenvalue weighted by Gasteiger charge is -2.15. The van der Waals surface area contributed by atoms with Crippen LogP contribution in [0.1, 0.15) is 27.8 Å². The third-order valence-electron chi connectivity index (χ3n) is 4.27. The molecule has 5 nitrogen and oxygen atoms in total. The molecule has 0 saturated heterocycles. The number of nitrogens with one attached hydrogen (secondary N) is 1. The quantitative estimate of drug-likeness (QED) is 0.400. The molecule has 1 heterocycles. The molecule has 2 aromatic carbocycles. The molecule has 27 heavy (non-hydrogen) atoms. The zero-order valence-electron chi connectivity index (χ0n) is 15.6. The fourth-order valence-electron chi connectivity index (χ4n) is 2.73. The van der Waals surface area contributed by atoms with E-state index in [9.17, 15) is 4.79 Å². The van der Waals surface area contributed by atoms with Crippen LogP contribution in [-0.2, 0) is 11.8 Å². The molecule has 0 aliphatic heterocycles. The first-order chi connectivity index (χ1) is 13.1. The Morgan fingerprint density at radius 1 is 1.11 bits per heavy atom. The molecule has 0 radical (unpaired) electrons. The molecule has 1 N–H and O–H groups in total. The first kappa shape index (κ1) is 18.9. The van der Waals surface area contributed by atoms with Crippen LogP contribution in [0.25, 0.3) is 0 Å². The highest BCUT2D eigenvalue weighted by Crippen LogP contribution is 2.35. The largest absolute Gasteiger partial charge is 0.272 e. The number of nitrogens with zero attached hydrogens (tertiary/aromatic N) is 3. The van der Waals surface area contributed by atoms with Crippen LogP contribution in [0.5, 0.6) is 0 Å². The summed E-state index contributed by atoms with van der Waals surface area (Å²) < 4.78 is 1.80. The van der Waals surface area contributed by atoms with Gasteiger partial charge in [-0.2, -0.15) is 10.2 Å². The van der Waals surface area contributed by atoms with Gasteiger partial charge in [-0.15, -0.1) is 11.8 Å². The van der Waals surface area contributed by atoms with Gasteiger partial charge in [0.25, 0.3) is 5.91 Å². The highest BCUT2D eigenvalue weighted by molar-refractivity contribution is 8.00. The lowest BCUT2D eigenvalue weighted by Crippen LogP contribution is -2.23. The third kappa shape index (κ3) is 4.65. The SMILES string of the molecule is Cc1nn(C)c(C)c1C=NNC(=O)C(Sc1ccccc1)c1ccccc1. The van der Waals surface area contributed by atoms with Crippen molar-refractivity contribution < 1.29 is 4.79 Å². The average molecular weight is 379 g/mol. The number of benzene rings is 2. The monoisotopic (exact) mass is 378 g/mol. The third-order valence-corrected chi connectivity index (χ3v) is 5.54. The molecular weight excluding hydrogens is 356 g/mol. The minimum absolute atomic E-state index is 0.162. The Hall–Kier alpha value is -2.86. The summed E-state index contributed by atoms with van der Waals surface area (Å²) in [4.78, 5) is 13.9. The topological polar surface area (TPSA) is 59.3 Å². The number of rotatable bonds is 6. The van der Waals surface area contributed by atoms with Gasteiger partial charge >= 0.3 is 0 Å². The Morgan fingerprint density at radius 3 is 2.33 bits per heavy atom. The van der Waals surface area contributed by atoms with Crippen molar-refractivity contribution in [3.63, 3.8) is 0 Å². The van der Waals surface area contributed by atoms with Gasteiger partial charge in [-0.1, -0.05) is 48.5 Å². The van der Waals surface area contributed by atoms with Crippen molar-refractivity contribution >= 4 is 23.9 Å². The highest BCUT2D eigenvalue weighted by atomic mass is 32.2. The summed E-state index contributed by atoms with van der Waals surface area (Å²) in [6.07, 6.45) is 1.66. The predicted molar refractivity (Wildman–Crippen MR) is 110 cm³/mol. The van der Waals surface area contributed by atoms with Crippen molar-refractivity contribution in [2.75, 3.05) is 0 Å². The van der Waals surface area contributed by atoms with E-state index in [1.54, 1.807) is 10.9 Å². The van der Waals surface area contributed by atoms with Crippen molar-refractivity contribution in [3.05, 3.63) is 83.2 Å². The summed E-state index contributed by atoms with van der Waals surface area (Å²) >= 11 is 1.50. The fraction of sp³-hybridized carbons (Fsp3) is 0.190. The Balaban J connectivity index is 1.77. The number of aromatic nitrogens is 2. The Labute approximate surface area is 163 Å². The second kappa shape index (κ2) is 8.68. The Bertz CT molecular complexity index is 936. The van der Waals surface area contributed by atoms with E-state index in [1.165, 1.54) is 11.8 Å². The van der Waals surface area contributed by atoms with E-state index in [0.717, 1.165) is 27.4 Å². The molecule has 3 aromatic rings. The molecule has 1 amide bonds. The van der Waals surface area contributed by atoms with Crippen molar-refractivity contribution in [1.82, 2.24) is 15.2 Å². The van der Waals surface area contributed by atoms with Gasteiger partial charge in [0.1, 0.15) is 5.25 Å². The number of aryl methyl sites for hydroxylation is 2. The summed E-state index contributed by atoms with van der Waals surface area (Å²) in [7, 11) is 1.89. The van der Waals surface area contributed by atoms with Crippen LogP contribution in [0.2, 0.25) is 0 Å². The van der Waals surface area contributed by atoms with E-state index in [-0.39, 0.29) is 11.2 Å². The maximum Gasteiger partial charge on any atom is 0.258 e. The predicted octanol–water partition coefficient (Wildman–Crippen LogP) is 4.02. The zero-order chi connectivity index (χ0) is 19.2. The number of thioether (sulfide) groups is 1. The molecular formula is C21H22N4OS. The van der Waals surface area contributed by atoms with Crippen molar-refractivity contribution in [2.24, 2.45) is 12.1 Å². The summed E-state index contributed by atoms with van der Waals surface area (Å²) in [6.45, 7) is 3.90.